The second-order valence-corrected chi connectivity index (χ2v) is 3.98. The van der Waals surface area contributed by atoms with E-state index in [2.05, 4.69) is 0 Å². The Morgan fingerprint density at radius 3 is 3.06 bits per heavy atom. The quantitative estimate of drug-likeness (QED) is 0.630. The molecule has 0 bridgehead atoms. The molecular weight excluding hydrogens is 225 g/mol. The van der Waals surface area contributed by atoms with Crippen molar-refractivity contribution in [2.24, 2.45) is 0 Å². The summed E-state index contributed by atoms with van der Waals surface area (Å²) in [6.45, 7) is 1.05. The Balaban J connectivity index is 2.05. The van der Waals surface area contributed by atoms with E-state index in [4.69, 9.17) is 15.2 Å². The van der Waals surface area contributed by atoms with Crippen LogP contribution in [0.1, 0.15) is 23.2 Å². The molecule has 2 rings (SSSR count). The minimum absolute atomic E-state index is 0.129. The number of rotatable bonds is 2. The van der Waals surface area contributed by atoms with Gasteiger partial charge in [0.15, 0.2) is 0 Å². The van der Waals surface area contributed by atoms with Gasteiger partial charge in [0, 0.05) is 12.3 Å². The molecule has 17 heavy (non-hydrogen) atoms. The Morgan fingerprint density at radius 1 is 1.53 bits per heavy atom. The van der Waals surface area contributed by atoms with Gasteiger partial charge < -0.3 is 15.2 Å². The summed E-state index contributed by atoms with van der Waals surface area (Å²) in [7, 11) is 0. The van der Waals surface area contributed by atoms with Gasteiger partial charge >= 0.3 is 5.97 Å². The number of hydrogen-bond donors (Lipinski definition) is 1. The van der Waals surface area contributed by atoms with E-state index < -0.39 is 11.8 Å². The molecule has 1 unspecified atom stereocenters. The largest absolute Gasteiger partial charge is 0.456 e. The minimum Gasteiger partial charge on any atom is -0.456 e. The average Bonchev–Trinajstić information content (AvgIpc) is 2.33. The molecule has 92 valence electrons. The van der Waals surface area contributed by atoms with Crippen molar-refractivity contribution in [3.63, 3.8) is 0 Å². The summed E-state index contributed by atoms with van der Waals surface area (Å²) in [5.41, 5.74) is 5.70. The third-order valence-corrected chi connectivity index (χ3v) is 2.60. The molecule has 1 aliphatic heterocycles. The summed E-state index contributed by atoms with van der Waals surface area (Å²) in [5, 5.41) is 0. The highest BCUT2D eigenvalue weighted by Crippen LogP contribution is 2.16. The monoisotopic (exact) mass is 239 g/mol. The smallest absolute Gasteiger partial charge is 0.341 e. The average molecular weight is 239 g/mol. The molecule has 1 saturated heterocycles. The molecule has 1 aromatic rings. The van der Waals surface area contributed by atoms with Crippen LogP contribution < -0.4 is 5.73 Å². The number of esters is 1. The van der Waals surface area contributed by atoms with Crippen molar-refractivity contribution in [1.82, 2.24) is 0 Å². The maximum absolute atomic E-state index is 13.4. The van der Waals surface area contributed by atoms with Crippen LogP contribution in [0, 0.1) is 5.82 Å². The van der Waals surface area contributed by atoms with E-state index in [9.17, 15) is 9.18 Å². The topological polar surface area (TPSA) is 61.6 Å². The first-order valence-electron chi connectivity index (χ1n) is 5.50. The zero-order valence-electron chi connectivity index (χ0n) is 9.32. The lowest BCUT2D eigenvalue weighted by molar-refractivity contribution is -0.0308. The first-order chi connectivity index (χ1) is 8.16. The molecule has 2 N–H and O–H groups in total. The van der Waals surface area contributed by atoms with Crippen LogP contribution >= 0.6 is 0 Å². The van der Waals surface area contributed by atoms with Crippen LogP contribution in [0.2, 0.25) is 0 Å². The van der Waals surface area contributed by atoms with E-state index in [1.165, 1.54) is 12.1 Å². The van der Waals surface area contributed by atoms with E-state index >= 15 is 0 Å². The molecule has 1 aromatic carbocycles. The van der Waals surface area contributed by atoms with Crippen LogP contribution in [-0.4, -0.2) is 25.3 Å². The molecule has 5 heteroatoms. The Hall–Kier alpha value is -1.62. The fourth-order valence-corrected chi connectivity index (χ4v) is 1.72. The normalized spacial score (nSPS) is 19.9. The van der Waals surface area contributed by atoms with Gasteiger partial charge in [-0.3, -0.25) is 0 Å². The molecule has 0 radical (unpaired) electrons. The molecule has 0 amide bonds. The van der Waals surface area contributed by atoms with E-state index in [1.54, 1.807) is 0 Å². The predicted molar refractivity (Wildman–Crippen MR) is 60.1 cm³/mol. The minimum atomic E-state index is -0.690. The lowest BCUT2D eigenvalue weighted by atomic mass is 10.1. The van der Waals surface area contributed by atoms with Crippen LogP contribution in [-0.2, 0) is 9.47 Å². The molecule has 0 saturated carbocycles. The Kier molecular flexibility index (Phi) is 3.58. The van der Waals surface area contributed by atoms with Crippen molar-refractivity contribution >= 4 is 11.7 Å². The van der Waals surface area contributed by atoms with Gasteiger partial charge in [0.2, 0.25) is 0 Å². The molecule has 0 spiro atoms. The van der Waals surface area contributed by atoms with Gasteiger partial charge in [-0.05, 0) is 31.0 Å². The first kappa shape index (κ1) is 11.9. The fraction of sp³-hybridized carbons (Fsp3) is 0.417. The molecule has 1 heterocycles. The fourth-order valence-electron chi connectivity index (χ4n) is 1.72. The zero-order valence-corrected chi connectivity index (χ0v) is 9.32. The van der Waals surface area contributed by atoms with Crippen molar-refractivity contribution in [1.29, 1.82) is 0 Å². The van der Waals surface area contributed by atoms with Gasteiger partial charge in [0.1, 0.15) is 11.9 Å². The van der Waals surface area contributed by atoms with Crippen LogP contribution in [0.25, 0.3) is 0 Å². The summed E-state index contributed by atoms with van der Waals surface area (Å²) in [4.78, 5) is 11.7. The highest BCUT2D eigenvalue weighted by atomic mass is 19.1. The SMILES string of the molecule is Nc1ccc(F)c(C(=O)OC2CCCOC2)c1. The van der Waals surface area contributed by atoms with Crippen molar-refractivity contribution in [3.05, 3.63) is 29.6 Å². The molecule has 0 aromatic heterocycles. The lowest BCUT2D eigenvalue weighted by Crippen LogP contribution is -2.28. The Bertz CT molecular complexity index is 416. The van der Waals surface area contributed by atoms with Gasteiger partial charge in [-0.2, -0.15) is 0 Å². The second kappa shape index (κ2) is 5.14. The van der Waals surface area contributed by atoms with E-state index in [1.807, 2.05) is 0 Å². The highest BCUT2D eigenvalue weighted by Gasteiger charge is 2.21. The number of nitrogens with two attached hydrogens (primary N) is 1. The van der Waals surface area contributed by atoms with Gasteiger partial charge in [-0.1, -0.05) is 0 Å². The summed E-state index contributed by atoms with van der Waals surface area (Å²) in [6.07, 6.45) is 1.30. The number of nitrogen functional groups attached to an aromatic ring is 1. The van der Waals surface area contributed by atoms with Gasteiger partial charge in [-0.15, -0.1) is 0 Å². The van der Waals surface area contributed by atoms with Gasteiger partial charge in [-0.25, -0.2) is 9.18 Å². The Labute approximate surface area is 98.5 Å². The number of anilines is 1. The number of carbonyl (C=O) groups is 1. The third kappa shape index (κ3) is 2.94. The molecule has 1 aliphatic rings. The Morgan fingerprint density at radius 2 is 2.35 bits per heavy atom. The van der Waals surface area contributed by atoms with E-state index in [0.29, 0.717) is 18.9 Å². The summed E-state index contributed by atoms with van der Waals surface area (Å²) < 4.78 is 23.7. The molecule has 0 aliphatic carbocycles. The number of carbonyl (C=O) groups excluding carboxylic acids is 1. The van der Waals surface area contributed by atoms with Gasteiger partial charge in [0.05, 0.1) is 12.2 Å². The van der Waals surface area contributed by atoms with E-state index in [-0.39, 0.29) is 11.7 Å². The number of halogens is 1. The lowest BCUT2D eigenvalue weighted by Gasteiger charge is -2.22. The third-order valence-electron chi connectivity index (χ3n) is 2.60. The summed E-state index contributed by atoms with van der Waals surface area (Å²) in [6, 6.07) is 3.83. The number of ether oxygens (including phenoxy) is 2. The van der Waals surface area contributed by atoms with Crippen molar-refractivity contribution in [2.75, 3.05) is 18.9 Å². The molecule has 4 nitrogen and oxygen atoms in total. The number of hydrogen-bond acceptors (Lipinski definition) is 4. The maximum Gasteiger partial charge on any atom is 0.341 e. The van der Waals surface area contributed by atoms with Crippen molar-refractivity contribution in [3.8, 4) is 0 Å². The standard InChI is InChI=1S/C12H14FNO3/c13-11-4-3-8(14)6-10(11)12(15)17-9-2-1-5-16-7-9/h3-4,6,9H,1-2,5,7,14H2. The van der Waals surface area contributed by atoms with Crippen LogP contribution in [0.5, 0.6) is 0 Å². The van der Waals surface area contributed by atoms with Crippen LogP contribution in [0.3, 0.4) is 0 Å². The van der Waals surface area contributed by atoms with Crippen LogP contribution in [0.15, 0.2) is 18.2 Å². The summed E-state index contributed by atoms with van der Waals surface area (Å²) >= 11 is 0. The number of benzene rings is 1. The van der Waals surface area contributed by atoms with E-state index in [0.717, 1.165) is 18.9 Å². The highest BCUT2D eigenvalue weighted by molar-refractivity contribution is 5.90. The molecule has 1 fully saturated rings. The van der Waals surface area contributed by atoms with Gasteiger partial charge in [0.25, 0.3) is 0 Å². The maximum atomic E-state index is 13.4. The second-order valence-electron chi connectivity index (χ2n) is 3.98. The molecule has 1 atom stereocenters. The van der Waals surface area contributed by atoms with Crippen molar-refractivity contribution in [2.45, 2.75) is 18.9 Å². The zero-order chi connectivity index (χ0) is 12.3. The molecular formula is C12H14FNO3. The summed E-state index contributed by atoms with van der Waals surface area (Å²) in [5.74, 6) is -1.31. The van der Waals surface area contributed by atoms with Crippen molar-refractivity contribution < 1.29 is 18.7 Å². The van der Waals surface area contributed by atoms with Crippen LogP contribution in [0.4, 0.5) is 10.1 Å². The predicted octanol–water partition coefficient (Wildman–Crippen LogP) is 1.74. The first-order valence-corrected chi connectivity index (χ1v) is 5.50.